The Morgan fingerprint density at radius 3 is 2.38 bits per heavy atom. The van der Waals surface area contributed by atoms with E-state index in [-0.39, 0.29) is 11.0 Å². The third-order valence-electron chi connectivity index (χ3n) is 5.65. The van der Waals surface area contributed by atoms with Crippen LogP contribution in [0.15, 0.2) is 24.3 Å². The summed E-state index contributed by atoms with van der Waals surface area (Å²) in [5, 5.41) is 0.172. The van der Waals surface area contributed by atoms with Crippen LogP contribution in [0.25, 0.3) is 5.57 Å². The molecule has 164 valence electrons. The summed E-state index contributed by atoms with van der Waals surface area (Å²) >= 11 is 0. The van der Waals surface area contributed by atoms with Gasteiger partial charge < -0.3 is 13.9 Å². The largest absolute Gasteiger partial charge is 0.496 e. The van der Waals surface area contributed by atoms with Gasteiger partial charge in [0.2, 0.25) is 0 Å². The minimum absolute atomic E-state index is 0.172. The lowest BCUT2D eigenvalue weighted by atomic mass is 9.97. The van der Waals surface area contributed by atoms with Crippen molar-refractivity contribution in [1.29, 1.82) is 0 Å². The van der Waals surface area contributed by atoms with Crippen molar-refractivity contribution in [2.75, 3.05) is 13.7 Å². The number of carbonyl (C=O) groups is 1. The number of allylic oxidation sites excluding steroid dienone is 1. The first-order chi connectivity index (χ1) is 13.6. The minimum Gasteiger partial charge on any atom is -0.496 e. The molecule has 0 aliphatic rings. The van der Waals surface area contributed by atoms with Gasteiger partial charge in [0.1, 0.15) is 5.75 Å². The van der Waals surface area contributed by atoms with Crippen LogP contribution in [0.4, 0.5) is 0 Å². The highest BCUT2D eigenvalue weighted by Gasteiger charge is 2.37. The van der Waals surface area contributed by atoms with Crippen molar-refractivity contribution in [1.82, 2.24) is 0 Å². The van der Waals surface area contributed by atoms with Crippen LogP contribution in [-0.4, -0.2) is 28.0 Å². The van der Waals surface area contributed by atoms with Crippen molar-refractivity contribution < 1.29 is 18.7 Å². The maximum Gasteiger partial charge on any atom is 0.331 e. The molecule has 1 aromatic carbocycles. The smallest absolute Gasteiger partial charge is 0.331 e. The molecule has 5 heteroatoms. The van der Waals surface area contributed by atoms with Crippen LogP contribution in [0.1, 0.15) is 71.4 Å². The first-order valence-corrected chi connectivity index (χ1v) is 13.6. The fourth-order valence-corrected chi connectivity index (χ4v) is 3.71. The average molecular weight is 421 g/mol. The number of unbranched alkanes of at least 4 members (excludes halogenated alkanes) is 2. The highest BCUT2D eigenvalue weighted by atomic mass is 28.4. The predicted molar refractivity (Wildman–Crippen MR) is 124 cm³/mol. The fourth-order valence-electron chi connectivity index (χ4n) is 2.75. The lowest BCUT2D eigenvalue weighted by molar-refractivity contribution is -0.137. The van der Waals surface area contributed by atoms with E-state index in [1.54, 1.807) is 13.2 Å². The van der Waals surface area contributed by atoms with Gasteiger partial charge in [-0.15, -0.1) is 0 Å². The lowest BCUT2D eigenvalue weighted by Crippen LogP contribution is -2.40. The molecule has 0 N–H and O–H groups in total. The number of ether oxygens (including phenoxy) is 2. The molecule has 1 aromatic rings. The van der Waals surface area contributed by atoms with E-state index in [9.17, 15) is 4.79 Å². The Kier molecular flexibility index (Phi) is 10.1. The molecule has 0 saturated carbocycles. The van der Waals surface area contributed by atoms with Crippen molar-refractivity contribution in [3.05, 3.63) is 35.4 Å². The molecule has 0 aromatic heterocycles. The molecule has 0 heterocycles. The van der Waals surface area contributed by atoms with Crippen molar-refractivity contribution in [2.24, 2.45) is 0 Å². The maximum atomic E-state index is 12.1. The number of esters is 1. The van der Waals surface area contributed by atoms with Crippen LogP contribution in [-0.2, 0) is 20.6 Å². The molecule has 0 fully saturated rings. The van der Waals surface area contributed by atoms with E-state index in [1.807, 2.05) is 19.1 Å². The van der Waals surface area contributed by atoms with E-state index < -0.39 is 8.32 Å². The topological polar surface area (TPSA) is 44.8 Å². The molecule has 0 radical (unpaired) electrons. The van der Waals surface area contributed by atoms with Crippen molar-refractivity contribution >= 4 is 19.9 Å². The number of hydrogen-bond acceptors (Lipinski definition) is 4. The van der Waals surface area contributed by atoms with Gasteiger partial charge in [0.05, 0.1) is 20.3 Å². The monoisotopic (exact) mass is 420 g/mol. The van der Waals surface area contributed by atoms with E-state index in [0.717, 1.165) is 48.1 Å². The van der Waals surface area contributed by atoms with Gasteiger partial charge in [-0.1, -0.05) is 52.7 Å². The Morgan fingerprint density at radius 1 is 1.14 bits per heavy atom. The van der Waals surface area contributed by atoms with Gasteiger partial charge >= 0.3 is 5.97 Å². The number of rotatable bonds is 11. The summed E-state index contributed by atoms with van der Waals surface area (Å²) in [7, 11) is -0.145. The summed E-state index contributed by atoms with van der Waals surface area (Å²) in [5.41, 5.74) is 3.00. The van der Waals surface area contributed by atoms with Crippen LogP contribution in [0, 0.1) is 0 Å². The molecule has 0 unspecified atom stereocenters. The Hall–Kier alpha value is -1.59. The first-order valence-electron chi connectivity index (χ1n) is 10.7. The third kappa shape index (κ3) is 7.98. The second-order valence-corrected chi connectivity index (χ2v) is 13.8. The molecule has 4 nitrogen and oxygen atoms in total. The van der Waals surface area contributed by atoms with E-state index in [1.165, 1.54) is 0 Å². The van der Waals surface area contributed by atoms with Gasteiger partial charge in [-0.3, -0.25) is 0 Å². The second kappa shape index (κ2) is 11.6. The van der Waals surface area contributed by atoms with Crippen LogP contribution in [0.3, 0.4) is 0 Å². The minimum atomic E-state index is -1.82. The van der Waals surface area contributed by atoms with Gasteiger partial charge in [-0.25, -0.2) is 4.79 Å². The van der Waals surface area contributed by atoms with Crippen LogP contribution < -0.4 is 4.74 Å². The van der Waals surface area contributed by atoms with Gasteiger partial charge in [0, 0.05) is 11.6 Å². The van der Waals surface area contributed by atoms with Crippen molar-refractivity contribution in [2.45, 2.75) is 85.0 Å². The summed E-state index contributed by atoms with van der Waals surface area (Å²) in [6.45, 7) is 16.2. The van der Waals surface area contributed by atoms with Gasteiger partial charge in [-0.05, 0) is 55.1 Å². The molecule has 0 atom stereocenters. The molecule has 0 spiro atoms. The molecule has 0 aliphatic heterocycles. The van der Waals surface area contributed by atoms with Crippen LogP contribution in [0.5, 0.6) is 5.75 Å². The summed E-state index contributed by atoms with van der Waals surface area (Å²) in [4.78, 5) is 12.1. The SMILES string of the molecule is CCCCCC(=CC(=O)OCC)c1ccc(CO[Si](C)(C)C(C)(C)C)cc1OC. The van der Waals surface area contributed by atoms with E-state index in [0.29, 0.717) is 13.2 Å². The highest BCUT2D eigenvalue weighted by Crippen LogP contribution is 2.37. The molecule has 0 bridgehead atoms. The Bertz CT molecular complexity index is 687. The van der Waals surface area contributed by atoms with Gasteiger partial charge in [0.25, 0.3) is 0 Å². The Morgan fingerprint density at radius 2 is 1.83 bits per heavy atom. The Labute approximate surface area is 178 Å². The second-order valence-electron chi connectivity index (χ2n) is 8.96. The lowest BCUT2D eigenvalue weighted by Gasteiger charge is -2.36. The zero-order valence-corrected chi connectivity index (χ0v) is 20.7. The average Bonchev–Trinajstić information content (AvgIpc) is 2.65. The van der Waals surface area contributed by atoms with Gasteiger partial charge in [0.15, 0.2) is 8.32 Å². The standard InChI is InChI=1S/C24H40O4Si/c1-9-11-12-13-20(17-23(25)27-10-2)21-15-14-19(16-22(21)26-6)18-28-29(7,8)24(3,4)5/h14-17H,9-13,18H2,1-8H3. The molecule has 0 amide bonds. The normalized spacial score (nSPS) is 12.8. The van der Waals surface area contributed by atoms with Crippen LogP contribution in [0.2, 0.25) is 18.1 Å². The number of carbonyl (C=O) groups excluding carboxylic acids is 1. The summed E-state index contributed by atoms with van der Waals surface area (Å²) in [6, 6.07) is 6.14. The highest BCUT2D eigenvalue weighted by molar-refractivity contribution is 6.74. The van der Waals surface area contributed by atoms with Crippen molar-refractivity contribution in [3.63, 3.8) is 0 Å². The number of benzene rings is 1. The van der Waals surface area contributed by atoms with Crippen molar-refractivity contribution in [3.8, 4) is 5.75 Å². The first kappa shape index (κ1) is 25.4. The zero-order valence-electron chi connectivity index (χ0n) is 19.7. The molecule has 0 saturated heterocycles. The Balaban J connectivity index is 3.11. The molecular formula is C24H40O4Si. The van der Waals surface area contributed by atoms with E-state index in [2.05, 4.69) is 46.9 Å². The summed E-state index contributed by atoms with van der Waals surface area (Å²) < 4.78 is 17.2. The van der Waals surface area contributed by atoms with Gasteiger partial charge in [-0.2, -0.15) is 0 Å². The zero-order chi connectivity index (χ0) is 22.1. The van der Waals surface area contributed by atoms with E-state index >= 15 is 0 Å². The van der Waals surface area contributed by atoms with Crippen LogP contribution >= 0.6 is 0 Å². The summed E-state index contributed by atoms with van der Waals surface area (Å²) in [6.07, 6.45) is 5.72. The van der Waals surface area contributed by atoms with E-state index in [4.69, 9.17) is 13.9 Å². The number of methoxy groups -OCH3 is 1. The quantitative estimate of drug-likeness (QED) is 0.172. The molecule has 0 aliphatic carbocycles. The fraction of sp³-hybridized carbons (Fsp3) is 0.625. The number of hydrogen-bond donors (Lipinski definition) is 0. The summed E-state index contributed by atoms with van der Waals surface area (Å²) in [5.74, 6) is 0.472. The molecule has 1 rings (SSSR count). The molecular weight excluding hydrogens is 380 g/mol. The predicted octanol–water partition coefficient (Wildman–Crippen LogP) is 6.74. The molecule has 29 heavy (non-hydrogen) atoms. The third-order valence-corrected chi connectivity index (χ3v) is 10.1. The maximum absolute atomic E-state index is 12.1.